The zero-order valence-corrected chi connectivity index (χ0v) is 20.6. The van der Waals surface area contributed by atoms with E-state index in [-0.39, 0.29) is 17.3 Å². The van der Waals surface area contributed by atoms with Gasteiger partial charge in [0.05, 0.1) is 12.0 Å². The van der Waals surface area contributed by atoms with E-state index < -0.39 is 21.9 Å². The molecular weight excluding hydrogens is 471 g/mol. The number of methoxy groups -OCH3 is 1. The Hall–Kier alpha value is -3.59. The molecular formula is C26H27FN2O5S. The Kier molecular flexibility index (Phi) is 6.98. The molecule has 1 amide bonds. The molecule has 0 bridgehead atoms. The van der Waals surface area contributed by atoms with Crippen LogP contribution in [0.1, 0.15) is 30.0 Å². The topological polar surface area (TPSA) is 84.9 Å². The first-order valence-electron chi connectivity index (χ1n) is 11.2. The number of halogens is 1. The molecule has 9 heteroatoms. The van der Waals surface area contributed by atoms with Crippen LogP contribution in [0.4, 0.5) is 10.1 Å². The fraction of sp³-hybridized carbons (Fsp3) is 0.269. The maximum absolute atomic E-state index is 13.9. The fourth-order valence-electron chi connectivity index (χ4n) is 3.87. The molecule has 0 radical (unpaired) electrons. The summed E-state index contributed by atoms with van der Waals surface area (Å²) in [5.74, 6) is 0.506. The molecule has 0 spiro atoms. The quantitative estimate of drug-likeness (QED) is 0.513. The van der Waals surface area contributed by atoms with Gasteiger partial charge in [-0.25, -0.2) is 12.8 Å². The molecule has 184 valence electrons. The fourth-order valence-corrected chi connectivity index (χ4v) is 4.93. The van der Waals surface area contributed by atoms with Gasteiger partial charge in [-0.15, -0.1) is 0 Å². The van der Waals surface area contributed by atoms with Crippen LogP contribution in [0.5, 0.6) is 11.5 Å². The molecule has 0 aromatic heterocycles. The van der Waals surface area contributed by atoms with Gasteiger partial charge in [-0.2, -0.15) is 0 Å². The third-order valence-electron chi connectivity index (χ3n) is 5.89. The standard InChI is InChI=1S/C26H27FN2O5S/c1-4-24-26(30)29(15-18-6-9-21(33-3)10-7-18)16-19-13-20(8-12-25(19)34-24)28-35(31,32)22-11-5-17(2)23(27)14-22/h5-14,24,28H,4,15-16H2,1-3H3. The molecule has 0 saturated carbocycles. The normalized spacial score (nSPS) is 15.7. The van der Waals surface area contributed by atoms with Crippen molar-refractivity contribution in [3.63, 3.8) is 0 Å². The van der Waals surface area contributed by atoms with Gasteiger partial charge in [0.25, 0.3) is 15.9 Å². The average molecular weight is 499 g/mol. The molecule has 1 N–H and O–H groups in total. The molecule has 3 aromatic carbocycles. The smallest absolute Gasteiger partial charge is 0.264 e. The van der Waals surface area contributed by atoms with Crippen LogP contribution < -0.4 is 14.2 Å². The van der Waals surface area contributed by atoms with Crippen molar-refractivity contribution in [1.29, 1.82) is 0 Å². The van der Waals surface area contributed by atoms with E-state index in [1.807, 2.05) is 31.2 Å². The van der Waals surface area contributed by atoms with E-state index in [0.29, 0.717) is 35.5 Å². The molecule has 0 fully saturated rings. The lowest BCUT2D eigenvalue weighted by atomic mass is 10.1. The molecule has 0 aliphatic carbocycles. The number of ether oxygens (including phenoxy) is 2. The van der Waals surface area contributed by atoms with Crippen molar-refractivity contribution in [1.82, 2.24) is 4.90 Å². The summed E-state index contributed by atoms with van der Waals surface area (Å²) >= 11 is 0. The van der Waals surface area contributed by atoms with Crippen LogP contribution in [-0.4, -0.2) is 32.4 Å². The third kappa shape index (κ3) is 5.40. The number of anilines is 1. The maximum atomic E-state index is 13.9. The Labute approximate surface area is 204 Å². The van der Waals surface area contributed by atoms with Gasteiger partial charge in [-0.1, -0.05) is 25.1 Å². The monoisotopic (exact) mass is 498 g/mol. The minimum atomic E-state index is -4.01. The van der Waals surface area contributed by atoms with Crippen LogP contribution in [-0.2, 0) is 27.9 Å². The van der Waals surface area contributed by atoms with E-state index >= 15 is 0 Å². The molecule has 1 heterocycles. The Morgan fingerprint density at radius 1 is 1.11 bits per heavy atom. The predicted molar refractivity (Wildman–Crippen MR) is 130 cm³/mol. The first-order valence-corrected chi connectivity index (χ1v) is 12.7. The molecule has 4 rings (SSSR count). The first-order chi connectivity index (χ1) is 16.7. The van der Waals surface area contributed by atoms with Gasteiger partial charge < -0.3 is 14.4 Å². The second-order valence-corrected chi connectivity index (χ2v) is 10.1. The van der Waals surface area contributed by atoms with Gasteiger partial charge >= 0.3 is 0 Å². The number of carbonyl (C=O) groups excluding carboxylic acids is 1. The van der Waals surface area contributed by atoms with E-state index in [4.69, 9.17) is 9.47 Å². The largest absolute Gasteiger partial charge is 0.497 e. The summed E-state index contributed by atoms with van der Waals surface area (Å²) in [6.45, 7) is 4.04. The summed E-state index contributed by atoms with van der Waals surface area (Å²) in [4.78, 5) is 14.7. The Morgan fingerprint density at radius 3 is 2.51 bits per heavy atom. The highest BCUT2D eigenvalue weighted by Crippen LogP contribution is 2.31. The van der Waals surface area contributed by atoms with Crippen molar-refractivity contribution < 1.29 is 27.1 Å². The van der Waals surface area contributed by atoms with Crippen LogP contribution in [0.3, 0.4) is 0 Å². The second kappa shape index (κ2) is 9.95. The highest BCUT2D eigenvalue weighted by atomic mass is 32.2. The van der Waals surface area contributed by atoms with E-state index in [2.05, 4.69) is 4.72 Å². The number of carbonyl (C=O) groups is 1. The Morgan fingerprint density at radius 2 is 1.86 bits per heavy atom. The average Bonchev–Trinajstić information content (AvgIpc) is 2.97. The van der Waals surface area contributed by atoms with E-state index in [1.54, 1.807) is 37.1 Å². The summed E-state index contributed by atoms with van der Waals surface area (Å²) < 4.78 is 53.3. The molecule has 1 aliphatic rings. The highest BCUT2D eigenvalue weighted by Gasteiger charge is 2.30. The first kappa shape index (κ1) is 24.5. The lowest BCUT2D eigenvalue weighted by Gasteiger charge is -2.23. The van der Waals surface area contributed by atoms with Crippen molar-refractivity contribution in [2.45, 2.75) is 44.4 Å². The number of fused-ring (bicyclic) bond motifs is 1. The van der Waals surface area contributed by atoms with Crippen LogP contribution >= 0.6 is 0 Å². The predicted octanol–water partition coefficient (Wildman–Crippen LogP) is 4.64. The van der Waals surface area contributed by atoms with Gasteiger partial charge in [0.15, 0.2) is 6.10 Å². The zero-order valence-electron chi connectivity index (χ0n) is 19.7. The number of sulfonamides is 1. The summed E-state index contributed by atoms with van der Waals surface area (Å²) in [7, 11) is -2.41. The zero-order chi connectivity index (χ0) is 25.2. The van der Waals surface area contributed by atoms with Gasteiger partial charge in [0.2, 0.25) is 0 Å². The number of hydrogen-bond donors (Lipinski definition) is 1. The SMILES string of the molecule is CCC1Oc2ccc(NS(=O)(=O)c3ccc(C)c(F)c3)cc2CN(Cc2ccc(OC)cc2)C1=O. The lowest BCUT2D eigenvalue weighted by molar-refractivity contribution is -0.139. The van der Waals surface area contributed by atoms with Crippen LogP contribution in [0.25, 0.3) is 0 Å². The van der Waals surface area contributed by atoms with Crippen molar-refractivity contribution in [3.05, 3.63) is 83.2 Å². The molecule has 3 aromatic rings. The maximum Gasteiger partial charge on any atom is 0.264 e. The molecule has 1 unspecified atom stereocenters. The number of benzene rings is 3. The molecule has 1 atom stereocenters. The minimum absolute atomic E-state index is 0.142. The van der Waals surface area contributed by atoms with Gasteiger partial charge in [0, 0.05) is 24.3 Å². The number of rotatable bonds is 7. The van der Waals surface area contributed by atoms with Gasteiger partial charge in [0.1, 0.15) is 17.3 Å². The molecule has 35 heavy (non-hydrogen) atoms. The molecule has 1 aliphatic heterocycles. The van der Waals surface area contributed by atoms with Gasteiger partial charge in [-0.05, 0) is 66.9 Å². The van der Waals surface area contributed by atoms with Crippen molar-refractivity contribution >= 4 is 21.6 Å². The van der Waals surface area contributed by atoms with E-state index in [9.17, 15) is 17.6 Å². The summed E-state index contributed by atoms with van der Waals surface area (Å²) in [5, 5.41) is 0. The molecule has 0 saturated heterocycles. The number of amides is 1. The highest BCUT2D eigenvalue weighted by molar-refractivity contribution is 7.92. The summed E-state index contributed by atoms with van der Waals surface area (Å²) in [6.07, 6.45) is -0.155. The van der Waals surface area contributed by atoms with Crippen molar-refractivity contribution in [3.8, 4) is 11.5 Å². The third-order valence-corrected chi connectivity index (χ3v) is 7.27. The Bertz CT molecular complexity index is 1340. The summed E-state index contributed by atoms with van der Waals surface area (Å²) in [6, 6.07) is 16.1. The van der Waals surface area contributed by atoms with Crippen LogP contribution in [0.2, 0.25) is 0 Å². The van der Waals surface area contributed by atoms with Crippen molar-refractivity contribution in [2.24, 2.45) is 0 Å². The van der Waals surface area contributed by atoms with E-state index in [1.165, 1.54) is 12.1 Å². The number of nitrogens with zero attached hydrogens (tertiary/aromatic N) is 1. The number of hydrogen-bond acceptors (Lipinski definition) is 5. The minimum Gasteiger partial charge on any atom is -0.497 e. The van der Waals surface area contributed by atoms with Gasteiger partial charge in [-0.3, -0.25) is 9.52 Å². The summed E-state index contributed by atoms with van der Waals surface area (Å²) in [5.41, 5.74) is 2.24. The Balaban J connectivity index is 1.61. The second-order valence-electron chi connectivity index (χ2n) is 8.40. The van der Waals surface area contributed by atoms with Crippen LogP contribution in [0.15, 0.2) is 65.6 Å². The van der Waals surface area contributed by atoms with Crippen molar-refractivity contribution in [2.75, 3.05) is 11.8 Å². The van der Waals surface area contributed by atoms with E-state index in [0.717, 1.165) is 17.4 Å². The molecule has 7 nitrogen and oxygen atoms in total. The number of aryl methyl sites for hydroxylation is 1. The number of nitrogens with one attached hydrogen (secondary N) is 1. The van der Waals surface area contributed by atoms with Crippen LogP contribution in [0, 0.1) is 12.7 Å². The lowest BCUT2D eigenvalue weighted by Crippen LogP contribution is -2.38.